The van der Waals surface area contributed by atoms with E-state index in [1.165, 1.54) is 22.9 Å². The Morgan fingerprint density at radius 3 is 3.06 bits per heavy atom. The minimum absolute atomic E-state index is 0.202. The Balaban J connectivity index is 2.40. The fourth-order valence-electron chi connectivity index (χ4n) is 2.73. The number of rotatable bonds is 3. The standard InChI is InChI=1S/C13H16ClNO/c1-3-15-13(14)11-8(2)6-9-4-5-10(7-16)12(9)11/h3,10,16H,1,4-7H2,2H3/t10-/m0/s1. The third-order valence-corrected chi connectivity index (χ3v) is 3.68. The second-order valence-electron chi connectivity index (χ2n) is 4.37. The lowest BCUT2D eigenvalue weighted by Crippen LogP contribution is -2.10. The summed E-state index contributed by atoms with van der Waals surface area (Å²) in [7, 11) is 0. The zero-order chi connectivity index (χ0) is 11.7. The highest BCUT2D eigenvalue weighted by atomic mass is 35.5. The van der Waals surface area contributed by atoms with E-state index >= 15 is 0 Å². The molecule has 2 aliphatic carbocycles. The van der Waals surface area contributed by atoms with Gasteiger partial charge in [0.2, 0.25) is 0 Å². The van der Waals surface area contributed by atoms with Gasteiger partial charge in [0, 0.05) is 24.3 Å². The van der Waals surface area contributed by atoms with E-state index in [2.05, 4.69) is 18.5 Å². The number of hydrogen-bond donors (Lipinski definition) is 1. The van der Waals surface area contributed by atoms with Crippen LogP contribution in [-0.4, -0.2) is 16.9 Å². The van der Waals surface area contributed by atoms with Crippen LogP contribution in [-0.2, 0) is 0 Å². The van der Waals surface area contributed by atoms with Crippen LogP contribution in [0.5, 0.6) is 0 Å². The molecule has 0 heterocycles. The second-order valence-corrected chi connectivity index (χ2v) is 4.73. The predicted molar refractivity (Wildman–Crippen MR) is 67.6 cm³/mol. The molecule has 16 heavy (non-hydrogen) atoms. The van der Waals surface area contributed by atoms with Gasteiger partial charge in [0.1, 0.15) is 5.17 Å². The van der Waals surface area contributed by atoms with Crippen LogP contribution in [0.4, 0.5) is 0 Å². The highest BCUT2D eigenvalue weighted by Crippen LogP contribution is 2.46. The minimum atomic E-state index is 0.202. The number of aliphatic imine (C=N–C) groups is 1. The molecule has 0 aromatic carbocycles. The molecule has 0 saturated carbocycles. The van der Waals surface area contributed by atoms with E-state index in [0.29, 0.717) is 5.17 Å². The van der Waals surface area contributed by atoms with E-state index in [1.807, 2.05) is 0 Å². The van der Waals surface area contributed by atoms with E-state index in [4.69, 9.17) is 11.6 Å². The van der Waals surface area contributed by atoms with Crippen LogP contribution in [0, 0.1) is 5.92 Å². The molecule has 0 fully saturated rings. The van der Waals surface area contributed by atoms with Crippen LogP contribution in [0.1, 0.15) is 26.2 Å². The van der Waals surface area contributed by atoms with Crippen LogP contribution in [0.2, 0.25) is 0 Å². The molecule has 2 rings (SSSR count). The molecule has 0 aliphatic heterocycles. The van der Waals surface area contributed by atoms with Gasteiger partial charge >= 0.3 is 0 Å². The van der Waals surface area contributed by atoms with Gasteiger partial charge in [0.15, 0.2) is 0 Å². The maximum absolute atomic E-state index is 9.37. The summed E-state index contributed by atoms with van der Waals surface area (Å²) in [6.45, 7) is 5.85. The zero-order valence-electron chi connectivity index (χ0n) is 9.46. The fraction of sp³-hybridized carbons (Fsp3) is 0.462. The normalized spacial score (nSPS) is 25.4. The van der Waals surface area contributed by atoms with E-state index < -0.39 is 0 Å². The monoisotopic (exact) mass is 237 g/mol. The average Bonchev–Trinajstić information content (AvgIpc) is 2.75. The molecule has 0 aromatic rings. The Labute approximate surface area is 101 Å². The van der Waals surface area contributed by atoms with Gasteiger partial charge in [-0.1, -0.05) is 29.3 Å². The van der Waals surface area contributed by atoms with E-state index in [9.17, 15) is 5.11 Å². The Hall–Kier alpha value is -0.860. The quantitative estimate of drug-likeness (QED) is 0.752. The third kappa shape index (κ3) is 1.76. The lowest BCUT2D eigenvalue weighted by Gasteiger charge is -2.14. The van der Waals surface area contributed by atoms with Crippen molar-refractivity contribution in [3.05, 3.63) is 35.1 Å². The van der Waals surface area contributed by atoms with Crippen molar-refractivity contribution >= 4 is 16.8 Å². The van der Waals surface area contributed by atoms with Crippen LogP contribution in [0.15, 0.2) is 40.1 Å². The molecule has 3 heteroatoms. The molecule has 2 nitrogen and oxygen atoms in total. The smallest absolute Gasteiger partial charge is 0.136 e. The Morgan fingerprint density at radius 2 is 2.44 bits per heavy atom. The molecule has 2 aliphatic rings. The molecule has 1 N–H and O–H groups in total. The highest BCUT2D eigenvalue weighted by molar-refractivity contribution is 6.70. The number of allylic oxidation sites excluding steroid dienone is 3. The summed E-state index contributed by atoms with van der Waals surface area (Å²) in [6.07, 6.45) is 4.57. The maximum atomic E-state index is 9.37. The summed E-state index contributed by atoms with van der Waals surface area (Å²) >= 11 is 6.18. The van der Waals surface area contributed by atoms with Crippen molar-refractivity contribution in [1.29, 1.82) is 0 Å². The van der Waals surface area contributed by atoms with Crippen molar-refractivity contribution in [3.8, 4) is 0 Å². The maximum Gasteiger partial charge on any atom is 0.136 e. The second kappa shape index (κ2) is 4.56. The van der Waals surface area contributed by atoms with Gasteiger partial charge in [-0.25, -0.2) is 4.99 Å². The van der Waals surface area contributed by atoms with Gasteiger partial charge in [0.05, 0.1) is 0 Å². The Morgan fingerprint density at radius 1 is 1.69 bits per heavy atom. The molecular formula is C13H16ClNO. The van der Waals surface area contributed by atoms with Gasteiger partial charge in [-0.05, 0) is 31.8 Å². The van der Waals surface area contributed by atoms with Gasteiger partial charge in [-0.15, -0.1) is 0 Å². The fourth-order valence-corrected chi connectivity index (χ4v) is 3.07. The van der Waals surface area contributed by atoms with Crippen molar-refractivity contribution < 1.29 is 5.11 Å². The predicted octanol–water partition coefficient (Wildman–Crippen LogP) is 3.19. The molecule has 0 radical (unpaired) electrons. The largest absolute Gasteiger partial charge is 0.396 e. The van der Waals surface area contributed by atoms with E-state index in [1.54, 1.807) is 0 Å². The number of nitrogens with zero attached hydrogens (tertiary/aromatic N) is 1. The van der Waals surface area contributed by atoms with Crippen LogP contribution < -0.4 is 0 Å². The van der Waals surface area contributed by atoms with Crippen LogP contribution in [0.25, 0.3) is 0 Å². The van der Waals surface area contributed by atoms with Gasteiger partial charge in [0.25, 0.3) is 0 Å². The molecule has 0 bridgehead atoms. The third-order valence-electron chi connectivity index (χ3n) is 3.39. The molecule has 1 atom stereocenters. The Kier molecular flexibility index (Phi) is 3.31. The van der Waals surface area contributed by atoms with Crippen molar-refractivity contribution in [1.82, 2.24) is 0 Å². The van der Waals surface area contributed by atoms with Crippen molar-refractivity contribution in [2.75, 3.05) is 6.61 Å². The summed E-state index contributed by atoms with van der Waals surface area (Å²) < 4.78 is 0. The Bertz CT molecular complexity index is 418. The van der Waals surface area contributed by atoms with Crippen molar-refractivity contribution in [2.45, 2.75) is 26.2 Å². The first-order valence-corrected chi connectivity index (χ1v) is 5.94. The molecule has 0 amide bonds. The average molecular weight is 238 g/mol. The van der Waals surface area contributed by atoms with E-state index in [0.717, 1.165) is 24.8 Å². The van der Waals surface area contributed by atoms with Crippen molar-refractivity contribution in [2.24, 2.45) is 10.9 Å². The SMILES string of the molecule is C=CN=C(Cl)C1=C(C)CC2=C1[C@H](CO)CC2. The first kappa shape index (κ1) is 11.6. The molecular weight excluding hydrogens is 222 g/mol. The van der Waals surface area contributed by atoms with E-state index in [-0.39, 0.29) is 12.5 Å². The summed E-state index contributed by atoms with van der Waals surface area (Å²) in [4.78, 5) is 4.06. The molecule has 86 valence electrons. The number of aliphatic hydroxyl groups excluding tert-OH is 1. The first-order chi connectivity index (χ1) is 7.69. The zero-order valence-corrected chi connectivity index (χ0v) is 10.2. The molecule has 0 aromatic heterocycles. The lowest BCUT2D eigenvalue weighted by molar-refractivity contribution is 0.247. The number of hydrogen-bond acceptors (Lipinski definition) is 2. The molecule has 0 spiro atoms. The molecule has 0 unspecified atom stereocenters. The topological polar surface area (TPSA) is 32.6 Å². The number of aliphatic hydroxyl groups is 1. The van der Waals surface area contributed by atoms with Gasteiger partial charge in [-0.3, -0.25) is 0 Å². The number of halogens is 1. The van der Waals surface area contributed by atoms with Gasteiger partial charge in [-0.2, -0.15) is 0 Å². The summed E-state index contributed by atoms with van der Waals surface area (Å²) in [5.41, 5.74) is 4.99. The summed E-state index contributed by atoms with van der Waals surface area (Å²) in [5, 5.41) is 9.88. The summed E-state index contributed by atoms with van der Waals surface area (Å²) in [6, 6.07) is 0. The lowest BCUT2D eigenvalue weighted by atomic mass is 9.95. The van der Waals surface area contributed by atoms with Crippen LogP contribution in [0.3, 0.4) is 0 Å². The summed E-state index contributed by atoms with van der Waals surface area (Å²) in [5.74, 6) is 0.246. The minimum Gasteiger partial charge on any atom is -0.396 e. The first-order valence-electron chi connectivity index (χ1n) is 5.56. The molecule has 0 saturated heterocycles. The van der Waals surface area contributed by atoms with Gasteiger partial charge < -0.3 is 5.11 Å². The highest BCUT2D eigenvalue weighted by Gasteiger charge is 2.34. The van der Waals surface area contributed by atoms with Crippen LogP contribution >= 0.6 is 11.6 Å². The van der Waals surface area contributed by atoms with Crippen molar-refractivity contribution in [3.63, 3.8) is 0 Å².